The monoisotopic (exact) mass is 207 g/mol. The Hall–Kier alpha value is -0.900. The Morgan fingerprint density at radius 2 is 2.07 bits per heavy atom. The third-order valence-corrected chi connectivity index (χ3v) is 2.92. The van der Waals surface area contributed by atoms with E-state index in [0.29, 0.717) is 0 Å². The normalized spacial score (nSPS) is 29.3. The molecule has 82 valence electrons. The largest absolute Gasteiger partial charge is 0.391 e. The Labute approximate surface area is 90.2 Å². The van der Waals surface area contributed by atoms with Gasteiger partial charge < -0.3 is 5.11 Å². The minimum Gasteiger partial charge on any atom is -0.391 e. The molecule has 0 bridgehead atoms. The summed E-state index contributed by atoms with van der Waals surface area (Å²) in [7, 11) is 1.92. The summed E-state index contributed by atoms with van der Waals surface area (Å²) in [5.74, 6) is 0. The van der Waals surface area contributed by atoms with Crippen molar-refractivity contribution in [3.05, 3.63) is 35.9 Å². The van der Waals surface area contributed by atoms with Crippen LogP contribution in [-0.2, 0) is 4.84 Å². The van der Waals surface area contributed by atoms with E-state index in [1.807, 2.05) is 30.3 Å². The highest BCUT2D eigenvalue weighted by molar-refractivity contribution is 5.19. The van der Waals surface area contributed by atoms with Crippen molar-refractivity contribution in [2.45, 2.75) is 31.6 Å². The molecule has 2 rings (SSSR count). The average Bonchev–Trinajstić information content (AvgIpc) is 2.62. The van der Waals surface area contributed by atoms with Crippen LogP contribution in [0.15, 0.2) is 30.3 Å². The van der Waals surface area contributed by atoms with Gasteiger partial charge in [0.25, 0.3) is 0 Å². The number of aliphatic hydroxyl groups is 1. The fourth-order valence-corrected chi connectivity index (χ4v) is 2.00. The quantitative estimate of drug-likeness (QED) is 0.802. The SMILES string of the molecule is C[C@@H](O)[C@H]1C[C@@H](c2ccccc2)N(C)O1. The molecular formula is C12H17NO2. The van der Waals surface area contributed by atoms with Gasteiger partial charge in [-0.3, -0.25) is 4.84 Å². The molecule has 1 aromatic rings. The van der Waals surface area contributed by atoms with Crippen molar-refractivity contribution >= 4 is 0 Å². The number of nitrogens with zero attached hydrogens (tertiary/aromatic N) is 1. The van der Waals surface area contributed by atoms with Crippen LogP contribution in [0.5, 0.6) is 0 Å². The van der Waals surface area contributed by atoms with Crippen LogP contribution < -0.4 is 0 Å². The standard InChI is InChI=1S/C12H17NO2/c1-9(14)12-8-11(13(2)15-12)10-6-4-3-5-7-10/h3-7,9,11-12,14H,8H2,1-2H3/t9-,11+,12-/m1/s1. The zero-order chi connectivity index (χ0) is 10.8. The summed E-state index contributed by atoms with van der Waals surface area (Å²) in [6.07, 6.45) is 0.347. The third kappa shape index (κ3) is 2.20. The van der Waals surface area contributed by atoms with E-state index in [1.165, 1.54) is 5.56 Å². The smallest absolute Gasteiger partial charge is 0.107 e. The molecule has 0 unspecified atom stereocenters. The van der Waals surface area contributed by atoms with Gasteiger partial charge in [-0.15, -0.1) is 0 Å². The van der Waals surface area contributed by atoms with Crippen molar-refractivity contribution in [2.24, 2.45) is 0 Å². The second-order valence-electron chi connectivity index (χ2n) is 4.09. The second-order valence-corrected chi connectivity index (χ2v) is 4.09. The lowest BCUT2D eigenvalue weighted by Gasteiger charge is -2.17. The first-order valence-electron chi connectivity index (χ1n) is 5.31. The first-order chi connectivity index (χ1) is 7.18. The van der Waals surface area contributed by atoms with Gasteiger partial charge >= 0.3 is 0 Å². The van der Waals surface area contributed by atoms with Gasteiger partial charge in [0.2, 0.25) is 0 Å². The molecule has 15 heavy (non-hydrogen) atoms. The van der Waals surface area contributed by atoms with Gasteiger partial charge in [-0.05, 0) is 12.5 Å². The van der Waals surface area contributed by atoms with Crippen LogP contribution in [-0.4, -0.2) is 29.4 Å². The van der Waals surface area contributed by atoms with Crippen molar-refractivity contribution in [1.29, 1.82) is 0 Å². The van der Waals surface area contributed by atoms with Gasteiger partial charge in [-0.1, -0.05) is 30.3 Å². The predicted octanol–water partition coefficient (Wildman–Crippen LogP) is 1.74. The topological polar surface area (TPSA) is 32.7 Å². The third-order valence-electron chi connectivity index (χ3n) is 2.92. The lowest BCUT2D eigenvalue weighted by atomic mass is 10.0. The molecule has 0 aromatic heterocycles. The Kier molecular flexibility index (Phi) is 3.05. The minimum absolute atomic E-state index is 0.0831. The van der Waals surface area contributed by atoms with E-state index in [4.69, 9.17) is 4.84 Å². The first-order valence-corrected chi connectivity index (χ1v) is 5.31. The molecule has 1 fully saturated rings. The lowest BCUT2D eigenvalue weighted by Crippen LogP contribution is -2.23. The summed E-state index contributed by atoms with van der Waals surface area (Å²) in [6.45, 7) is 1.77. The van der Waals surface area contributed by atoms with Crippen LogP contribution in [0.3, 0.4) is 0 Å². The summed E-state index contributed by atoms with van der Waals surface area (Å²) in [4.78, 5) is 5.57. The van der Waals surface area contributed by atoms with E-state index < -0.39 is 6.10 Å². The molecule has 1 saturated heterocycles. The molecule has 1 heterocycles. The number of aliphatic hydroxyl groups excluding tert-OH is 1. The van der Waals surface area contributed by atoms with Gasteiger partial charge in [0.1, 0.15) is 6.10 Å². The fourth-order valence-electron chi connectivity index (χ4n) is 2.00. The predicted molar refractivity (Wildman–Crippen MR) is 58.1 cm³/mol. The Balaban J connectivity index is 2.12. The number of benzene rings is 1. The van der Waals surface area contributed by atoms with Crippen LogP contribution in [0.1, 0.15) is 24.9 Å². The van der Waals surface area contributed by atoms with Gasteiger partial charge in [-0.2, -0.15) is 5.06 Å². The summed E-state index contributed by atoms with van der Waals surface area (Å²) in [5, 5.41) is 11.3. The fraction of sp³-hybridized carbons (Fsp3) is 0.500. The zero-order valence-electron chi connectivity index (χ0n) is 9.13. The lowest BCUT2D eigenvalue weighted by molar-refractivity contribution is -0.167. The average molecular weight is 207 g/mol. The molecule has 0 amide bonds. The molecule has 1 aliphatic rings. The minimum atomic E-state index is -0.416. The summed E-state index contributed by atoms with van der Waals surface area (Å²) >= 11 is 0. The molecule has 1 aliphatic heterocycles. The van der Waals surface area contributed by atoms with E-state index in [9.17, 15) is 5.11 Å². The van der Waals surface area contributed by atoms with Crippen LogP contribution in [0.4, 0.5) is 0 Å². The van der Waals surface area contributed by atoms with Gasteiger partial charge in [-0.25, -0.2) is 0 Å². The molecule has 3 atom stereocenters. The maximum Gasteiger partial charge on any atom is 0.107 e. The van der Waals surface area contributed by atoms with Crippen molar-refractivity contribution in [3.63, 3.8) is 0 Å². The number of hydrogen-bond donors (Lipinski definition) is 1. The van der Waals surface area contributed by atoms with Crippen molar-refractivity contribution in [2.75, 3.05) is 7.05 Å². The highest BCUT2D eigenvalue weighted by Gasteiger charge is 2.34. The van der Waals surface area contributed by atoms with Crippen molar-refractivity contribution in [3.8, 4) is 0 Å². The molecule has 0 saturated carbocycles. The van der Waals surface area contributed by atoms with E-state index >= 15 is 0 Å². The maximum atomic E-state index is 9.48. The van der Waals surface area contributed by atoms with Crippen LogP contribution >= 0.6 is 0 Å². The maximum absolute atomic E-state index is 9.48. The van der Waals surface area contributed by atoms with E-state index in [0.717, 1.165) is 6.42 Å². The van der Waals surface area contributed by atoms with Gasteiger partial charge in [0.15, 0.2) is 0 Å². The highest BCUT2D eigenvalue weighted by Crippen LogP contribution is 2.33. The first kappa shape index (κ1) is 10.6. The van der Waals surface area contributed by atoms with E-state index in [2.05, 4.69) is 12.1 Å². The van der Waals surface area contributed by atoms with Crippen molar-refractivity contribution in [1.82, 2.24) is 5.06 Å². The number of hydrogen-bond acceptors (Lipinski definition) is 3. The summed E-state index contributed by atoms with van der Waals surface area (Å²) < 4.78 is 0. The summed E-state index contributed by atoms with van der Waals surface area (Å²) in [6, 6.07) is 10.5. The van der Waals surface area contributed by atoms with Crippen LogP contribution in [0, 0.1) is 0 Å². The van der Waals surface area contributed by atoms with E-state index in [1.54, 1.807) is 6.92 Å². The zero-order valence-corrected chi connectivity index (χ0v) is 9.13. The molecule has 3 heteroatoms. The van der Waals surface area contributed by atoms with Gasteiger partial charge in [0.05, 0.1) is 12.1 Å². The molecular weight excluding hydrogens is 190 g/mol. The molecule has 0 spiro atoms. The molecule has 0 aliphatic carbocycles. The van der Waals surface area contributed by atoms with Crippen LogP contribution in [0.25, 0.3) is 0 Å². The highest BCUT2D eigenvalue weighted by atomic mass is 16.7. The molecule has 1 aromatic carbocycles. The Bertz CT molecular complexity index is 313. The second kappa shape index (κ2) is 4.31. The number of hydroxylamine groups is 2. The van der Waals surface area contributed by atoms with E-state index in [-0.39, 0.29) is 12.1 Å². The Morgan fingerprint density at radius 1 is 1.40 bits per heavy atom. The Morgan fingerprint density at radius 3 is 2.60 bits per heavy atom. The van der Waals surface area contributed by atoms with Gasteiger partial charge in [0, 0.05) is 13.5 Å². The molecule has 3 nitrogen and oxygen atoms in total. The summed E-state index contributed by atoms with van der Waals surface area (Å²) in [5.41, 5.74) is 1.24. The molecule has 1 N–H and O–H groups in total. The van der Waals surface area contributed by atoms with Crippen molar-refractivity contribution < 1.29 is 9.94 Å². The number of rotatable bonds is 2. The molecule has 0 radical (unpaired) electrons. The van der Waals surface area contributed by atoms with Crippen LogP contribution in [0.2, 0.25) is 0 Å².